The van der Waals surface area contributed by atoms with E-state index >= 15 is 0 Å². The van der Waals surface area contributed by atoms with E-state index in [4.69, 9.17) is 0 Å². The van der Waals surface area contributed by atoms with Crippen molar-refractivity contribution in [3.05, 3.63) is 30.1 Å². The molecule has 0 spiro atoms. The molecule has 0 aliphatic heterocycles. The molecule has 0 unspecified atom stereocenters. The van der Waals surface area contributed by atoms with Crippen LogP contribution in [0.2, 0.25) is 0 Å². The lowest BCUT2D eigenvalue weighted by atomic mass is 10.4. The number of pyridine rings is 1. The van der Waals surface area contributed by atoms with Crippen molar-refractivity contribution < 1.29 is 9.59 Å². The zero-order valence-electron chi connectivity index (χ0n) is 9.95. The topological polar surface area (TPSA) is 83.8 Å². The summed E-state index contributed by atoms with van der Waals surface area (Å²) < 4.78 is 0. The Labute approximate surface area is 109 Å². The van der Waals surface area contributed by atoms with Crippen LogP contribution in [0.15, 0.2) is 34.6 Å². The molecule has 1 N–H and O–H groups in total. The summed E-state index contributed by atoms with van der Waals surface area (Å²) in [4.78, 5) is 25.8. The monoisotopic (exact) mass is 264 g/mol. The maximum absolute atomic E-state index is 10.9. The second kappa shape index (κ2) is 7.33. The van der Waals surface area contributed by atoms with Crippen LogP contribution in [0.5, 0.6) is 0 Å². The van der Waals surface area contributed by atoms with Crippen molar-refractivity contribution in [2.24, 2.45) is 10.2 Å². The molecule has 0 aliphatic rings. The van der Waals surface area contributed by atoms with Crippen molar-refractivity contribution in [1.82, 2.24) is 10.3 Å². The number of hydrogen-bond donors (Lipinski definition) is 1. The van der Waals surface area contributed by atoms with Crippen molar-refractivity contribution in [2.45, 2.75) is 13.8 Å². The summed E-state index contributed by atoms with van der Waals surface area (Å²) in [6.07, 6.45) is 3.06. The van der Waals surface area contributed by atoms with E-state index in [1.807, 2.05) is 6.07 Å². The highest BCUT2D eigenvalue weighted by atomic mass is 32.2. The lowest BCUT2D eigenvalue weighted by Gasteiger charge is -2.00. The van der Waals surface area contributed by atoms with Crippen molar-refractivity contribution in [2.75, 3.05) is 0 Å². The first-order chi connectivity index (χ1) is 8.58. The Morgan fingerprint density at radius 3 is 2.72 bits per heavy atom. The third-order valence-electron chi connectivity index (χ3n) is 1.55. The van der Waals surface area contributed by atoms with Gasteiger partial charge in [0.25, 0.3) is 0 Å². The number of carbonyl (C=O) groups is 2. The summed E-state index contributed by atoms with van der Waals surface area (Å²) >= 11 is 0.808. The quantitative estimate of drug-likeness (QED) is 0.494. The summed E-state index contributed by atoms with van der Waals surface area (Å²) in [7, 11) is 0. The third-order valence-corrected chi connectivity index (χ3v) is 2.21. The van der Waals surface area contributed by atoms with E-state index in [2.05, 4.69) is 20.5 Å². The number of aromatic nitrogens is 1. The molecular weight excluding hydrogens is 252 g/mol. The van der Waals surface area contributed by atoms with Gasteiger partial charge in [-0.2, -0.15) is 5.10 Å². The molecule has 0 fully saturated rings. The molecule has 1 aromatic heterocycles. The number of rotatable bonds is 2. The van der Waals surface area contributed by atoms with Gasteiger partial charge in [-0.1, -0.05) is 6.07 Å². The highest BCUT2D eigenvalue weighted by Gasteiger charge is 2.05. The number of hydrogen-bond acceptors (Lipinski definition) is 6. The largest absolute Gasteiger partial charge is 0.304 e. The van der Waals surface area contributed by atoms with Gasteiger partial charge in [0.05, 0.1) is 11.9 Å². The fourth-order valence-corrected chi connectivity index (χ4v) is 1.51. The van der Waals surface area contributed by atoms with Crippen LogP contribution < -0.4 is 5.32 Å². The first-order valence-corrected chi connectivity index (χ1v) is 5.87. The first kappa shape index (κ1) is 14.0. The molecule has 0 saturated heterocycles. The third kappa shape index (κ3) is 5.90. The van der Waals surface area contributed by atoms with Crippen molar-refractivity contribution in [3.8, 4) is 0 Å². The van der Waals surface area contributed by atoms with Gasteiger partial charge in [-0.15, -0.1) is 5.10 Å². The molecule has 0 aromatic carbocycles. The molecular formula is C11H12N4O2S. The Morgan fingerprint density at radius 2 is 2.17 bits per heavy atom. The van der Waals surface area contributed by atoms with Gasteiger partial charge < -0.3 is 5.32 Å². The van der Waals surface area contributed by atoms with Gasteiger partial charge in [0, 0.05) is 20.0 Å². The van der Waals surface area contributed by atoms with E-state index < -0.39 is 0 Å². The van der Waals surface area contributed by atoms with Crippen LogP contribution in [0.1, 0.15) is 19.5 Å². The van der Waals surface area contributed by atoms with Crippen LogP contribution in [0.25, 0.3) is 0 Å². The Hall–Kier alpha value is -2.02. The van der Waals surface area contributed by atoms with Crippen molar-refractivity contribution >= 4 is 34.2 Å². The number of nitrogens with zero attached hydrogens (tertiary/aromatic N) is 3. The van der Waals surface area contributed by atoms with Crippen LogP contribution in [0.3, 0.4) is 0 Å². The minimum atomic E-state index is -0.310. The van der Waals surface area contributed by atoms with Crippen LogP contribution in [0, 0.1) is 0 Å². The van der Waals surface area contributed by atoms with Gasteiger partial charge in [-0.05, 0) is 23.9 Å². The average molecular weight is 264 g/mol. The summed E-state index contributed by atoms with van der Waals surface area (Å²) in [5.41, 5.74) is 0.635. The fraction of sp³-hybridized carbons (Fsp3) is 0.182. The minimum Gasteiger partial charge on any atom is -0.304 e. The molecule has 1 rings (SSSR count). The molecule has 1 aromatic rings. The van der Waals surface area contributed by atoms with Crippen molar-refractivity contribution in [1.29, 1.82) is 0 Å². The van der Waals surface area contributed by atoms with Crippen LogP contribution in [-0.2, 0) is 9.59 Å². The van der Waals surface area contributed by atoms with Gasteiger partial charge in [-0.25, -0.2) is 0 Å². The van der Waals surface area contributed by atoms with E-state index in [9.17, 15) is 9.59 Å². The number of nitrogens with one attached hydrogen (secondary N) is 1. The highest BCUT2D eigenvalue weighted by Crippen LogP contribution is 2.03. The number of amides is 1. The summed E-state index contributed by atoms with van der Waals surface area (Å²) in [5.74, 6) is -0.310. The molecule has 0 saturated carbocycles. The minimum absolute atomic E-state index is 0.141. The van der Waals surface area contributed by atoms with Gasteiger partial charge in [0.1, 0.15) is 0 Å². The second-order valence-corrected chi connectivity index (χ2v) is 4.34. The Morgan fingerprint density at radius 1 is 1.39 bits per heavy atom. The fourth-order valence-electron chi connectivity index (χ4n) is 0.950. The molecule has 1 amide bonds. The molecule has 0 bridgehead atoms. The summed E-state index contributed by atoms with van der Waals surface area (Å²) in [6, 6.07) is 5.36. The zero-order chi connectivity index (χ0) is 13.4. The molecule has 0 aliphatic carbocycles. The van der Waals surface area contributed by atoms with Gasteiger partial charge in [0.15, 0.2) is 10.3 Å². The molecule has 18 heavy (non-hydrogen) atoms. The summed E-state index contributed by atoms with van der Waals surface area (Å²) in [5, 5.41) is 9.89. The first-order valence-electron chi connectivity index (χ1n) is 5.06. The van der Waals surface area contributed by atoms with Crippen LogP contribution in [-0.4, -0.2) is 27.4 Å². The normalized spacial score (nSPS) is 11.6. The Kier molecular flexibility index (Phi) is 5.72. The molecule has 6 nitrogen and oxygen atoms in total. The maximum Gasteiger partial charge on any atom is 0.222 e. The summed E-state index contributed by atoms with van der Waals surface area (Å²) in [6.45, 7) is 2.71. The number of carbonyl (C=O) groups excluding carboxylic acids is 2. The predicted octanol–water partition coefficient (Wildman–Crippen LogP) is 1.19. The zero-order valence-corrected chi connectivity index (χ0v) is 10.8. The molecule has 1 heterocycles. The van der Waals surface area contributed by atoms with Crippen molar-refractivity contribution in [3.63, 3.8) is 0 Å². The second-order valence-electron chi connectivity index (χ2n) is 3.18. The van der Waals surface area contributed by atoms with E-state index in [1.54, 1.807) is 18.3 Å². The average Bonchev–Trinajstić information content (AvgIpc) is 2.28. The van der Waals surface area contributed by atoms with Gasteiger partial charge in [0.2, 0.25) is 5.91 Å². The molecule has 0 atom stereocenters. The molecule has 0 radical (unpaired) electrons. The Balaban J connectivity index is 2.73. The lowest BCUT2D eigenvalue weighted by Crippen LogP contribution is -2.26. The van der Waals surface area contributed by atoms with Gasteiger partial charge >= 0.3 is 0 Å². The lowest BCUT2D eigenvalue weighted by molar-refractivity contribution is -0.117. The smallest absolute Gasteiger partial charge is 0.222 e. The number of thioether (sulfide) groups is 1. The molecule has 7 heteroatoms. The number of amidine groups is 1. The molecule has 94 valence electrons. The van der Waals surface area contributed by atoms with E-state index in [1.165, 1.54) is 20.1 Å². The SMILES string of the molecule is CC(=O)N/C(=N/N=C\c1ccccn1)SC(C)=O. The predicted molar refractivity (Wildman–Crippen MR) is 71.4 cm³/mol. The Bertz CT molecular complexity index is 467. The van der Waals surface area contributed by atoms with Crippen LogP contribution >= 0.6 is 11.8 Å². The van der Waals surface area contributed by atoms with E-state index in [-0.39, 0.29) is 16.2 Å². The van der Waals surface area contributed by atoms with Gasteiger partial charge in [-0.3, -0.25) is 14.6 Å². The van der Waals surface area contributed by atoms with E-state index in [0.717, 1.165) is 11.8 Å². The van der Waals surface area contributed by atoms with Crippen LogP contribution in [0.4, 0.5) is 0 Å². The maximum atomic E-state index is 10.9. The van der Waals surface area contributed by atoms with E-state index in [0.29, 0.717) is 5.69 Å². The highest BCUT2D eigenvalue weighted by molar-refractivity contribution is 8.26. The standard InChI is InChI=1S/C11H12N4O2S/c1-8(16)14-11(18-9(2)17)15-13-7-10-5-3-4-6-12-10/h3-7H,1-2H3,(H,14,15,16)/b13-7-.